The lowest BCUT2D eigenvalue weighted by Crippen LogP contribution is -2.46. The zero-order valence-electron chi connectivity index (χ0n) is 22.2. The Kier molecular flexibility index (Phi) is 39.2. The number of ether oxygens (including phenoxy) is 2. The first-order valence-electron chi connectivity index (χ1n) is 10.9. The van der Waals surface area contributed by atoms with E-state index in [1.54, 1.807) is 0 Å². The van der Waals surface area contributed by atoms with Crippen molar-refractivity contribution < 1.29 is 89.2 Å². The summed E-state index contributed by atoms with van der Waals surface area (Å²) < 4.78 is 172. The molecule has 41 heavy (non-hydrogen) atoms. The predicted octanol–water partition coefficient (Wildman–Crippen LogP) is 6.96. The summed E-state index contributed by atoms with van der Waals surface area (Å²) in [7, 11) is -2.65. The molecule has 0 spiro atoms. The molecule has 0 aliphatic heterocycles. The lowest BCUT2D eigenvalue weighted by Gasteiger charge is -2.28. The third kappa shape index (κ3) is 51.5. The van der Waals surface area contributed by atoms with Gasteiger partial charge in [-0.25, -0.2) is 31.1 Å². The van der Waals surface area contributed by atoms with Gasteiger partial charge in [0.2, 0.25) is 27.5 Å². The van der Waals surface area contributed by atoms with E-state index in [1.165, 1.54) is 0 Å². The number of rotatable bonds is 14. The normalized spacial score (nSPS) is 11.0. The standard InChI is InChI=1S/C11H24FNO5Si.C4H4F6O.CH2F3N.2CH2F2/c1-4-16-19(17-5-2,18-6-3)9-7-8-13-11(14)15-10-12;5-3(6,7)1-11-2-4(8,9)10;2-1-5(3)4;2*2-1-3/h4-10H2,1-3H3,(H,13,14);1-2H2;1H2;2*1H2. The number of hydrogen-bond acceptors (Lipinski definition) is 7. The minimum Gasteiger partial charge on any atom is -0.418 e. The Balaban J connectivity index is -0.000000164. The van der Waals surface area contributed by atoms with E-state index >= 15 is 0 Å². The highest BCUT2D eigenvalue weighted by Gasteiger charge is 2.39. The van der Waals surface area contributed by atoms with Gasteiger partial charge in [-0.2, -0.15) is 26.3 Å². The van der Waals surface area contributed by atoms with Crippen molar-refractivity contribution in [2.24, 2.45) is 0 Å². The van der Waals surface area contributed by atoms with E-state index in [2.05, 4.69) is 14.8 Å². The molecule has 254 valence electrons. The quantitative estimate of drug-likeness (QED) is 0.0706. The molecule has 1 amide bonds. The van der Waals surface area contributed by atoms with Crippen LogP contribution in [0.2, 0.25) is 6.04 Å². The summed E-state index contributed by atoms with van der Waals surface area (Å²) in [6, 6.07) is 0.596. The Morgan fingerprint density at radius 2 is 1.10 bits per heavy atom. The maximum atomic E-state index is 11.7. The van der Waals surface area contributed by atoms with Gasteiger partial charge < -0.3 is 28.1 Å². The second kappa shape index (κ2) is 32.8. The Morgan fingerprint density at radius 3 is 1.34 bits per heavy atom. The average molecular weight is 669 g/mol. The number of halogens is 14. The predicted molar refractivity (Wildman–Crippen MR) is 118 cm³/mol. The first kappa shape index (κ1) is 49.0. The van der Waals surface area contributed by atoms with Crippen LogP contribution < -0.4 is 5.32 Å². The molecule has 0 aliphatic carbocycles. The lowest BCUT2D eigenvalue weighted by atomic mass is 10.5. The SMILES string of the molecule is CCO[Si](CCCNC(=O)OCF)(OCC)OCC.FC(F)(F)COCC(F)(F)F.FCF.FCF.FCN(F)F. The summed E-state index contributed by atoms with van der Waals surface area (Å²) in [5.41, 5.74) is 0. The fourth-order valence-electron chi connectivity index (χ4n) is 1.88. The summed E-state index contributed by atoms with van der Waals surface area (Å²) in [4.78, 5) is 10.9. The first-order chi connectivity index (χ1) is 18.9. The minimum atomic E-state index is -4.70. The number of hydrogen-bond donors (Lipinski definition) is 1. The second-order valence-corrected chi connectivity index (χ2v) is 8.63. The smallest absolute Gasteiger partial charge is 0.418 e. The maximum absolute atomic E-state index is 11.7. The zero-order valence-corrected chi connectivity index (χ0v) is 23.2. The van der Waals surface area contributed by atoms with Gasteiger partial charge in [-0.1, -0.05) is 8.96 Å². The largest absolute Gasteiger partial charge is 0.500 e. The van der Waals surface area contributed by atoms with Crippen LogP contribution in [0.4, 0.5) is 66.4 Å². The highest BCUT2D eigenvalue weighted by Crippen LogP contribution is 2.19. The fourth-order valence-corrected chi connectivity index (χ4v) is 4.49. The average Bonchev–Trinajstić information content (AvgIpc) is 2.83. The summed E-state index contributed by atoms with van der Waals surface area (Å²) in [6.45, 7) is -2.48. The van der Waals surface area contributed by atoms with Crippen LogP contribution in [0.3, 0.4) is 0 Å². The summed E-state index contributed by atoms with van der Waals surface area (Å²) in [5.74, 6) is 0. The molecule has 0 heterocycles. The summed E-state index contributed by atoms with van der Waals surface area (Å²) in [5, 5.41) is 0.895. The van der Waals surface area contributed by atoms with Crippen molar-refractivity contribution in [1.82, 2.24) is 10.7 Å². The van der Waals surface area contributed by atoms with Gasteiger partial charge in [0.05, 0.1) is 5.34 Å². The molecule has 0 saturated heterocycles. The highest BCUT2D eigenvalue weighted by atomic mass is 28.4. The Hall–Kier alpha value is -1.69. The van der Waals surface area contributed by atoms with Crippen LogP contribution in [0.25, 0.3) is 0 Å². The molecular weight excluding hydrogens is 634 g/mol. The van der Waals surface area contributed by atoms with Gasteiger partial charge in [-0.05, 0) is 27.2 Å². The molecule has 23 heteroatoms. The summed E-state index contributed by atoms with van der Waals surface area (Å²) in [6.07, 6.45) is -9.55. The van der Waals surface area contributed by atoms with Crippen molar-refractivity contribution in [2.45, 2.75) is 45.6 Å². The van der Waals surface area contributed by atoms with Crippen LogP contribution in [0, 0.1) is 0 Å². The molecule has 0 fully saturated rings. The van der Waals surface area contributed by atoms with Crippen molar-refractivity contribution in [1.29, 1.82) is 0 Å². The topological polar surface area (TPSA) is 78.5 Å². The first-order valence-corrected chi connectivity index (χ1v) is 12.9. The Labute approximate surface area is 228 Å². The summed E-state index contributed by atoms with van der Waals surface area (Å²) >= 11 is 0. The van der Waals surface area contributed by atoms with Gasteiger partial charge in [0.25, 0.3) is 0 Å². The van der Waals surface area contributed by atoms with E-state index in [4.69, 9.17) is 13.3 Å². The number of alkyl carbamates (subject to hydrolysis) is 1. The van der Waals surface area contributed by atoms with Crippen molar-refractivity contribution >= 4 is 14.9 Å². The third-order valence-electron chi connectivity index (χ3n) is 2.83. The highest BCUT2D eigenvalue weighted by molar-refractivity contribution is 6.60. The number of carbonyl (C=O) groups is 1. The minimum absolute atomic E-state index is 0.362. The second-order valence-electron chi connectivity index (χ2n) is 5.90. The molecule has 1 N–H and O–H groups in total. The molecule has 0 bridgehead atoms. The molecule has 0 unspecified atom stereocenters. The molecule has 0 aliphatic rings. The van der Waals surface area contributed by atoms with Crippen molar-refractivity contribution in [3.05, 3.63) is 0 Å². The van der Waals surface area contributed by atoms with Gasteiger partial charge in [0.1, 0.15) is 13.2 Å². The van der Waals surface area contributed by atoms with Crippen molar-refractivity contribution in [3.8, 4) is 0 Å². The van der Waals surface area contributed by atoms with Crippen LogP contribution in [0.1, 0.15) is 27.2 Å². The number of nitrogens with one attached hydrogen (secondary N) is 1. The van der Waals surface area contributed by atoms with Crippen LogP contribution in [-0.4, -0.2) is 99.7 Å². The molecule has 0 saturated carbocycles. The molecule has 0 aromatic carbocycles. The van der Waals surface area contributed by atoms with E-state index in [1.807, 2.05) is 20.8 Å². The van der Waals surface area contributed by atoms with Crippen LogP contribution in [0.5, 0.6) is 0 Å². The molecule has 0 rings (SSSR count). The maximum Gasteiger partial charge on any atom is 0.500 e. The lowest BCUT2D eigenvalue weighted by molar-refractivity contribution is -0.219. The monoisotopic (exact) mass is 668 g/mol. The number of nitrogens with zero attached hydrogens (tertiary/aromatic N) is 1. The molecule has 0 aromatic rings. The zero-order chi connectivity index (χ0) is 33.4. The van der Waals surface area contributed by atoms with Gasteiger partial charge in [0.15, 0.2) is 0 Å². The number of alkyl halides is 12. The number of carbonyl (C=O) groups excluding carboxylic acids is 1. The molecule has 0 radical (unpaired) electrons. The van der Waals surface area contributed by atoms with E-state index < -0.39 is 73.3 Å². The van der Waals surface area contributed by atoms with Crippen molar-refractivity contribution in [2.75, 3.05) is 67.1 Å². The molecule has 8 nitrogen and oxygen atoms in total. The third-order valence-corrected chi connectivity index (χ3v) is 5.98. The molecular formula is C18H34F14N2O6Si. The van der Waals surface area contributed by atoms with Gasteiger partial charge in [-0.3, -0.25) is 0 Å². The van der Waals surface area contributed by atoms with E-state index in [0.717, 1.165) is 0 Å². The van der Waals surface area contributed by atoms with Gasteiger partial charge in [0, 0.05) is 32.4 Å². The van der Waals surface area contributed by atoms with E-state index in [9.17, 15) is 66.4 Å². The van der Waals surface area contributed by atoms with Crippen LogP contribution >= 0.6 is 0 Å². The van der Waals surface area contributed by atoms with E-state index in [0.29, 0.717) is 38.8 Å². The van der Waals surface area contributed by atoms with Crippen LogP contribution in [0.15, 0.2) is 0 Å². The Bertz CT molecular complexity index is 508. The molecule has 0 aromatic heterocycles. The number of amides is 1. The fraction of sp³-hybridized carbons (Fsp3) is 0.944. The molecule has 0 atom stereocenters. The Morgan fingerprint density at radius 1 is 0.756 bits per heavy atom. The van der Waals surface area contributed by atoms with Crippen LogP contribution in [-0.2, 0) is 22.8 Å². The van der Waals surface area contributed by atoms with Crippen molar-refractivity contribution in [3.63, 3.8) is 0 Å². The van der Waals surface area contributed by atoms with Gasteiger partial charge in [-0.15, -0.1) is 0 Å². The van der Waals surface area contributed by atoms with Gasteiger partial charge >= 0.3 is 27.3 Å². The van der Waals surface area contributed by atoms with E-state index in [-0.39, 0.29) is 0 Å².